The van der Waals surface area contributed by atoms with E-state index >= 15 is 0 Å². The quantitative estimate of drug-likeness (QED) is 0.575. The summed E-state index contributed by atoms with van der Waals surface area (Å²) in [4.78, 5) is 2.00. The number of hydrogen-bond donors (Lipinski definition) is 1. The molecular formula is C6H10N2O. The fourth-order valence-corrected chi connectivity index (χ4v) is 0.621. The van der Waals surface area contributed by atoms with Crippen molar-refractivity contribution in [2.75, 3.05) is 13.3 Å². The highest BCUT2D eigenvalue weighted by atomic mass is 16.5. The molecule has 3 heteroatoms. The van der Waals surface area contributed by atoms with Crippen LogP contribution in [0.25, 0.3) is 0 Å². The average Bonchev–Trinajstić information content (AvgIpc) is 2.34. The summed E-state index contributed by atoms with van der Waals surface area (Å²) >= 11 is 0. The van der Waals surface area contributed by atoms with Crippen LogP contribution in [0.5, 0.6) is 0 Å². The molecule has 0 amide bonds. The van der Waals surface area contributed by atoms with E-state index in [-0.39, 0.29) is 0 Å². The Morgan fingerprint density at radius 2 is 2.67 bits per heavy atom. The minimum atomic E-state index is 0.643. The molecule has 9 heavy (non-hydrogen) atoms. The summed E-state index contributed by atoms with van der Waals surface area (Å²) in [7, 11) is 0. The lowest BCUT2D eigenvalue weighted by atomic mass is 10.5. The second-order valence-corrected chi connectivity index (χ2v) is 1.78. The SMILES string of the molecule is N/C=C/CN1C=COC1. The number of nitrogens with two attached hydrogens (primary N) is 1. The Morgan fingerprint density at radius 3 is 3.22 bits per heavy atom. The second kappa shape index (κ2) is 3.02. The molecule has 0 aromatic heterocycles. The second-order valence-electron chi connectivity index (χ2n) is 1.78. The van der Waals surface area contributed by atoms with Crippen molar-refractivity contribution in [2.24, 2.45) is 5.73 Å². The van der Waals surface area contributed by atoms with Gasteiger partial charge in [0.1, 0.15) is 6.26 Å². The van der Waals surface area contributed by atoms with E-state index in [0.717, 1.165) is 6.54 Å². The van der Waals surface area contributed by atoms with Crippen molar-refractivity contribution in [3.8, 4) is 0 Å². The molecule has 0 aromatic carbocycles. The third-order valence-corrected chi connectivity index (χ3v) is 1.08. The van der Waals surface area contributed by atoms with Gasteiger partial charge in [-0.3, -0.25) is 0 Å². The lowest BCUT2D eigenvalue weighted by Gasteiger charge is -2.08. The lowest BCUT2D eigenvalue weighted by molar-refractivity contribution is 0.181. The molecule has 0 atom stereocenters. The van der Waals surface area contributed by atoms with Crippen molar-refractivity contribution >= 4 is 0 Å². The molecule has 0 spiro atoms. The minimum absolute atomic E-state index is 0.643. The van der Waals surface area contributed by atoms with Crippen LogP contribution in [0.2, 0.25) is 0 Å². The molecule has 0 fully saturated rings. The van der Waals surface area contributed by atoms with Gasteiger partial charge < -0.3 is 15.4 Å². The van der Waals surface area contributed by atoms with Gasteiger partial charge in [-0.15, -0.1) is 0 Å². The monoisotopic (exact) mass is 126 g/mol. The number of hydrogen-bond acceptors (Lipinski definition) is 3. The van der Waals surface area contributed by atoms with Crippen molar-refractivity contribution < 1.29 is 4.74 Å². The van der Waals surface area contributed by atoms with Gasteiger partial charge in [-0.25, -0.2) is 0 Å². The molecule has 1 heterocycles. The first-order valence-electron chi connectivity index (χ1n) is 2.82. The van der Waals surface area contributed by atoms with Gasteiger partial charge >= 0.3 is 0 Å². The Morgan fingerprint density at radius 1 is 1.78 bits per heavy atom. The average molecular weight is 126 g/mol. The van der Waals surface area contributed by atoms with Crippen molar-refractivity contribution in [1.29, 1.82) is 0 Å². The van der Waals surface area contributed by atoms with Gasteiger partial charge in [-0.2, -0.15) is 0 Å². The summed E-state index contributed by atoms with van der Waals surface area (Å²) in [6.07, 6.45) is 6.97. The maximum atomic E-state index is 5.13. The molecule has 1 rings (SSSR count). The standard InChI is InChI=1S/C6H10N2O/c7-2-1-3-8-4-5-9-6-8/h1-2,4-5H,3,6-7H2/b2-1+. The van der Waals surface area contributed by atoms with E-state index in [4.69, 9.17) is 10.5 Å². The van der Waals surface area contributed by atoms with Crippen LogP contribution in [0.3, 0.4) is 0 Å². The van der Waals surface area contributed by atoms with Gasteiger partial charge in [0, 0.05) is 12.7 Å². The molecule has 0 saturated heterocycles. The van der Waals surface area contributed by atoms with Crippen LogP contribution < -0.4 is 5.73 Å². The fourth-order valence-electron chi connectivity index (χ4n) is 0.621. The molecule has 1 aliphatic rings. The van der Waals surface area contributed by atoms with E-state index in [0.29, 0.717) is 6.73 Å². The zero-order valence-corrected chi connectivity index (χ0v) is 5.16. The molecule has 0 saturated carbocycles. The molecule has 3 nitrogen and oxygen atoms in total. The topological polar surface area (TPSA) is 38.5 Å². The largest absolute Gasteiger partial charge is 0.479 e. The van der Waals surface area contributed by atoms with E-state index in [1.165, 1.54) is 6.20 Å². The van der Waals surface area contributed by atoms with Crippen LogP contribution in [0.15, 0.2) is 24.7 Å². The summed E-state index contributed by atoms with van der Waals surface area (Å²) in [5.74, 6) is 0. The first-order chi connectivity index (χ1) is 4.43. The smallest absolute Gasteiger partial charge is 0.160 e. The van der Waals surface area contributed by atoms with Crippen LogP contribution in [0.1, 0.15) is 0 Å². The van der Waals surface area contributed by atoms with Gasteiger partial charge in [-0.05, 0) is 12.3 Å². The number of rotatable bonds is 2. The Bertz CT molecular complexity index is 131. The highest BCUT2D eigenvalue weighted by Gasteiger charge is 1.99. The zero-order chi connectivity index (χ0) is 6.53. The van der Waals surface area contributed by atoms with E-state index in [9.17, 15) is 0 Å². The molecule has 0 unspecified atom stereocenters. The lowest BCUT2D eigenvalue weighted by Crippen LogP contribution is -2.14. The van der Waals surface area contributed by atoms with Crippen molar-refractivity contribution in [1.82, 2.24) is 4.90 Å². The Balaban J connectivity index is 2.20. The van der Waals surface area contributed by atoms with E-state index < -0.39 is 0 Å². The Kier molecular flexibility index (Phi) is 2.01. The third kappa shape index (κ3) is 1.68. The van der Waals surface area contributed by atoms with Gasteiger partial charge in [-0.1, -0.05) is 0 Å². The van der Waals surface area contributed by atoms with Crippen molar-refractivity contribution in [3.63, 3.8) is 0 Å². The van der Waals surface area contributed by atoms with E-state index in [1.807, 2.05) is 17.2 Å². The third-order valence-electron chi connectivity index (χ3n) is 1.08. The predicted octanol–water partition coefficient (Wildman–Crippen LogP) is 0.220. The van der Waals surface area contributed by atoms with Gasteiger partial charge in [0.25, 0.3) is 0 Å². The summed E-state index contributed by atoms with van der Waals surface area (Å²) in [5, 5.41) is 0. The minimum Gasteiger partial charge on any atom is -0.479 e. The van der Waals surface area contributed by atoms with Crippen LogP contribution in [-0.2, 0) is 4.74 Å². The molecule has 2 N–H and O–H groups in total. The summed E-state index contributed by atoms with van der Waals surface area (Å²) in [6, 6.07) is 0. The number of nitrogens with zero attached hydrogens (tertiary/aromatic N) is 1. The maximum absolute atomic E-state index is 5.13. The summed E-state index contributed by atoms with van der Waals surface area (Å²) < 4.78 is 4.92. The molecular weight excluding hydrogens is 116 g/mol. The van der Waals surface area contributed by atoms with Crippen LogP contribution >= 0.6 is 0 Å². The number of ether oxygens (including phenoxy) is 1. The Labute approximate surface area is 54.4 Å². The predicted molar refractivity (Wildman–Crippen MR) is 35.1 cm³/mol. The zero-order valence-electron chi connectivity index (χ0n) is 5.16. The molecule has 0 bridgehead atoms. The molecule has 0 aliphatic carbocycles. The molecule has 50 valence electrons. The van der Waals surface area contributed by atoms with Crippen molar-refractivity contribution in [2.45, 2.75) is 0 Å². The summed E-state index contributed by atoms with van der Waals surface area (Å²) in [5.41, 5.74) is 5.13. The normalized spacial score (nSPS) is 17.1. The first kappa shape index (κ1) is 6.01. The highest BCUT2D eigenvalue weighted by molar-refractivity contribution is 4.87. The molecule has 1 aliphatic heterocycles. The maximum Gasteiger partial charge on any atom is 0.160 e. The fraction of sp³-hybridized carbons (Fsp3) is 0.333. The first-order valence-corrected chi connectivity index (χ1v) is 2.82. The van der Waals surface area contributed by atoms with Crippen LogP contribution in [0, 0.1) is 0 Å². The van der Waals surface area contributed by atoms with E-state index in [1.54, 1.807) is 6.26 Å². The molecule has 0 radical (unpaired) electrons. The van der Waals surface area contributed by atoms with Crippen LogP contribution in [0.4, 0.5) is 0 Å². The Hall–Kier alpha value is -1.12. The van der Waals surface area contributed by atoms with Gasteiger partial charge in [0.15, 0.2) is 6.73 Å². The van der Waals surface area contributed by atoms with Gasteiger partial charge in [0.05, 0.1) is 0 Å². The van der Waals surface area contributed by atoms with E-state index in [2.05, 4.69) is 0 Å². The van der Waals surface area contributed by atoms with Gasteiger partial charge in [0.2, 0.25) is 0 Å². The molecule has 0 aromatic rings. The highest BCUT2D eigenvalue weighted by Crippen LogP contribution is 1.98. The van der Waals surface area contributed by atoms with Crippen molar-refractivity contribution in [3.05, 3.63) is 24.7 Å². The summed E-state index contributed by atoms with van der Waals surface area (Å²) in [6.45, 7) is 1.47. The van der Waals surface area contributed by atoms with Crippen LogP contribution in [-0.4, -0.2) is 18.2 Å².